The number of anilines is 3. The van der Waals surface area contributed by atoms with Gasteiger partial charge in [0.1, 0.15) is 23.0 Å². The van der Waals surface area contributed by atoms with Crippen molar-refractivity contribution in [2.75, 3.05) is 31.3 Å². The standard InChI is InChI=1S/C28H28N6O3/c1-36-18-21-8-5-15-34(21)27(35)25-16-23(13-14-30-25)37-22-11-9-20(10-12-22)31-26-17-24(32-28(29)33-26)19-6-3-2-4-7-19/h2-4,6-7,9-14,16-17,21H,5,8,15,18H2,1H3,(H3,29,31,32,33). The highest BCUT2D eigenvalue weighted by Crippen LogP contribution is 2.27. The molecule has 37 heavy (non-hydrogen) atoms. The van der Waals surface area contributed by atoms with Gasteiger partial charge in [0.2, 0.25) is 5.95 Å². The number of pyridine rings is 1. The molecule has 3 N–H and O–H groups in total. The lowest BCUT2D eigenvalue weighted by Crippen LogP contribution is -2.38. The first kappa shape index (κ1) is 24.2. The van der Waals surface area contributed by atoms with Gasteiger partial charge >= 0.3 is 0 Å². The Hall–Kier alpha value is -4.50. The molecular weight excluding hydrogens is 468 g/mol. The second kappa shape index (κ2) is 11.0. The second-order valence-corrected chi connectivity index (χ2v) is 8.74. The van der Waals surface area contributed by atoms with Crippen LogP contribution in [0.3, 0.4) is 0 Å². The smallest absolute Gasteiger partial charge is 0.272 e. The van der Waals surface area contributed by atoms with Crippen LogP contribution >= 0.6 is 0 Å². The van der Waals surface area contributed by atoms with Crippen LogP contribution in [-0.2, 0) is 4.74 Å². The van der Waals surface area contributed by atoms with Gasteiger partial charge in [-0.1, -0.05) is 30.3 Å². The minimum Gasteiger partial charge on any atom is -0.457 e. The van der Waals surface area contributed by atoms with Gasteiger partial charge in [-0.2, -0.15) is 4.98 Å². The number of ether oxygens (including phenoxy) is 2. The van der Waals surface area contributed by atoms with Crippen molar-refractivity contribution in [2.24, 2.45) is 0 Å². The average Bonchev–Trinajstić information content (AvgIpc) is 3.38. The Kier molecular flexibility index (Phi) is 7.23. The second-order valence-electron chi connectivity index (χ2n) is 8.74. The lowest BCUT2D eigenvalue weighted by molar-refractivity contribution is 0.0624. The normalized spacial score (nSPS) is 14.9. The fourth-order valence-corrected chi connectivity index (χ4v) is 4.38. The first-order valence-corrected chi connectivity index (χ1v) is 12.1. The summed E-state index contributed by atoms with van der Waals surface area (Å²) in [6, 6.07) is 22.6. The Labute approximate surface area is 215 Å². The Bertz CT molecular complexity index is 1360. The van der Waals surface area contributed by atoms with Crippen LogP contribution in [0.1, 0.15) is 23.3 Å². The fourth-order valence-electron chi connectivity index (χ4n) is 4.38. The number of carbonyl (C=O) groups excluding carboxylic acids is 1. The summed E-state index contributed by atoms with van der Waals surface area (Å²) in [7, 11) is 1.65. The molecule has 4 aromatic rings. The Morgan fingerprint density at radius 1 is 1.05 bits per heavy atom. The Morgan fingerprint density at radius 3 is 2.65 bits per heavy atom. The van der Waals surface area contributed by atoms with Crippen LogP contribution in [0.15, 0.2) is 79.0 Å². The van der Waals surface area contributed by atoms with Crippen LogP contribution in [0.4, 0.5) is 17.5 Å². The molecule has 3 heterocycles. The van der Waals surface area contributed by atoms with Gasteiger partial charge in [0.25, 0.3) is 5.91 Å². The highest BCUT2D eigenvalue weighted by molar-refractivity contribution is 5.93. The number of hydrogen-bond acceptors (Lipinski definition) is 8. The minimum atomic E-state index is -0.108. The number of rotatable bonds is 8. The summed E-state index contributed by atoms with van der Waals surface area (Å²) >= 11 is 0. The van der Waals surface area contributed by atoms with E-state index in [1.807, 2.05) is 65.6 Å². The summed E-state index contributed by atoms with van der Waals surface area (Å²) in [5.74, 6) is 1.84. The van der Waals surface area contributed by atoms with E-state index in [2.05, 4.69) is 20.3 Å². The topological polar surface area (TPSA) is 115 Å². The lowest BCUT2D eigenvalue weighted by atomic mass is 10.1. The SMILES string of the molecule is COCC1CCCN1C(=O)c1cc(Oc2ccc(Nc3cc(-c4ccccc4)nc(N)n3)cc2)ccn1. The van der Waals surface area contributed by atoms with Crippen molar-refractivity contribution in [3.8, 4) is 22.8 Å². The molecule has 1 unspecified atom stereocenters. The average molecular weight is 497 g/mol. The van der Waals surface area contributed by atoms with Crippen molar-refractivity contribution in [2.45, 2.75) is 18.9 Å². The van der Waals surface area contributed by atoms with Crippen molar-refractivity contribution >= 4 is 23.4 Å². The van der Waals surface area contributed by atoms with Crippen molar-refractivity contribution < 1.29 is 14.3 Å². The number of aromatic nitrogens is 3. The van der Waals surface area contributed by atoms with Crippen LogP contribution in [0.25, 0.3) is 11.3 Å². The number of amides is 1. The number of hydrogen-bond donors (Lipinski definition) is 2. The van der Waals surface area contributed by atoms with Crippen molar-refractivity contribution in [1.29, 1.82) is 0 Å². The molecule has 188 valence electrons. The predicted octanol–water partition coefficient (Wildman–Crippen LogP) is 4.91. The maximum Gasteiger partial charge on any atom is 0.272 e. The van der Waals surface area contributed by atoms with E-state index >= 15 is 0 Å². The summed E-state index contributed by atoms with van der Waals surface area (Å²) in [6.07, 6.45) is 3.49. The maximum absolute atomic E-state index is 13.0. The van der Waals surface area contributed by atoms with Gasteiger partial charge in [0.15, 0.2) is 0 Å². The number of nitrogens with two attached hydrogens (primary N) is 1. The van der Waals surface area contributed by atoms with Gasteiger partial charge in [-0.25, -0.2) is 4.98 Å². The molecule has 0 saturated carbocycles. The third kappa shape index (κ3) is 5.84. The summed E-state index contributed by atoms with van der Waals surface area (Å²) in [5, 5.41) is 3.26. The Balaban J connectivity index is 1.26. The van der Waals surface area contributed by atoms with Crippen LogP contribution in [-0.4, -0.2) is 52.1 Å². The van der Waals surface area contributed by atoms with E-state index in [9.17, 15) is 4.79 Å². The third-order valence-corrected chi connectivity index (χ3v) is 6.12. The number of nitrogen functional groups attached to an aromatic ring is 1. The molecule has 0 bridgehead atoms. The van der Waals surface area contributed by atoms with Gasteiger partial charge in [-0.3, -0.25) is 9.78 Å². The molecule has 0 radical (unpaired) electrons. The number of carbonyl (C=O) groups is 1. The van der Waals surface area contributed by atoms with E-state index in [-0.39, 0.29) is 17.9 Å². The molecule has 2 aromatic carbocycles. The van der Waals surface area contributed by atoms with E-state index in [0.717, 1.165) is 29.8 Å². The first-order valence-electron chi connectivity index (χ1n) is 12.1. The molecule has 1 fully saturated rings. The zero-order valence-electron chi connectivity index (χ0n) is 20.5. The fraction of sp³-hybridized carbons (Fsp3) is 0.214. The van der Waals surface area contributed by atoms with E-state index < -0.39 is 0 Å². The molecule has 9 heteroatoms. The Morgan fingerprint density at radius 2 is 1.86 bits per heavy atom. The molecule has 1 aliphatic rings. The zero-order chi connectivity index (χ0) is 25.6. The summed E-state index contributed by atoms with van der Waals surface area (Å²) in [5.41, 5.74) is 8.80. The molecule has 1 aliphatic heterocycles. The number of benzene rings is 2. The molecule has 2 aromatic heterocycles. The van der Waals surface area contributed by atoms with Crippen molar-refractivity contribution in [3.63, 3.8) is 0 Å². The van der Waals surface area contributed by atoms with Crippen LogP contribution in [0, 0.1) is 0 Å². The molecule has 0 aliphatic carbocycles. The van der Waals surface area contributed by atoms with E-state index in [1.165, 1.54) is 0 Å². The highest BCUT2D eigenvalue weighted by atomic mass is 16.5. The monoisotopic (exact) mass is 496 g/mol. The molecule has 5 rings (SSSR count). The van der Waals surface area contributed by atoms with Crippen LogP contribution in [0.5, 0.6) is 11.5 Å². The molecule has 1 saturated heterocycles. The molecular formula is C28H28N6O3. The largest absolute Gasteiger partial charge is 0.457 e. The minimum absolute atomic E-state index is 0.0814. The quantitative estimate of drug-likeness (QED) is 0.354. The van der Waals surface area contributed by atoms with E-state index in [0.29, 0.717) is 36.2 Å². The first-order chi connectivity index (χ1) is 18.1. The molecule has 1 amide bonds. The van der Waals surface area contributed by atoms with Crippen molar-refractivity contribution in [1.82, 2.24) is 19.9 Å². The van der Waals surface area contributed by atoms with Gasteiger partial charge < -0.3 is 25.4 Å². The molecule has 1 atom stereocenters. The van der Waals surface area contributed by atoms with Crippen LogP contribution in [0.2, 0.25) is 0 Å². The summed E-state index contributed by atoms with van der Waals surface area (Å²) in [4.78, 5) is 27.8. The van der Waals surface area contributed by atoms with Crippen molar-refractivity contribution in [3.05, 3.63) is 84.7 Å². The van der Waals surface area contributed by atoms with Gasteiger partial charge in [0.05, 0.1) is 18.3 Å². The van der Waals surface area contributed by atoms with Gasteiger partial charge in [0, 0.05) is 43.2 Å². The lowest BCUT2D eigenvalue weighted by Gasteiger charge is -2.23. The molecule has 9 nitrogen and oxygen atoms in total. The zero-order valence-corrected chi connectivity index (χ0v) is 20.5. The maximum atomic E-state index is 13.0. The van der Waals surface area contributed by atoms with Crippen LogP contribution < -0.4 is 15.8 Å². The van der Waals surface area contributed by atoms with E-state index in [4.69, 9.17) is 15.2 Å². The number of methoxy groups -OCH3 is 1. The third-order valence-electron chi connectivity index (χ3n) is 6.12. The number of likely N-dealkylation sites (tertiary alicyclic amines) is 1. The van der Waals surface area contributed by atoms with Gasteiger partial charge in [-0.05, 0) is 43.2 Å². The number of nitrogens with one attached hydrogen (secondary N) is 1. The van der Waals surface area contributed by atoms with Gasteiger partial charge in [-0.15, -0.1) is 0 Å². The predicted molar refractivity (Wildman–Crippen MR) is 142 cm³/mol. The number of nitrogens with zero attached hydrogens (tertiary/aromatic N) is 4. The summed E-state index contributed by atoms with van der Waals surface area (Å²) < 4.78 is 11.3. The van der Waals surface area contributed by atoms with E-state index in [1.54, 1.807) is 25.4 Å². The molecule has 0 spiro atoms. The highest BCUT2D eigenvalue weighted by Gasteiger charge is 2.30. The summed E-state index contributed by atoms with van der Waals surface area (Å²) in [6.45, 7) is 1.23.